The molecule has 92 valence electrons. The van der Waals surface area contributed by atoms with Crippen molar-refractivity contribution in [1.82, 2.24) is 5.32 Å². The molecule has 0 radical (unpaired) electrons. The van der Waals surface area contributed by atoms with Crippen molar-refractivity contribution in [2.24, 2.45) is 0 Å². The van der Waals surface area contributed by atoms with Gasteiger partial charge in [0.25, 0.3) is 0 Å². The van der Waals surface area contributed by atoms with Gasteiger partial charge in [-0.3, -0.25) is 0 Å². The van der Waals surface area contributed by atoms with Gasteiger partial charge in [0.2, 0.25) is 0 Å². The van der Waals surface area contributed by atoms with Gasteiger partial charge in [0.1, 0.15) is 0 Å². The fraction of sp³-hybridized carbons (Fsp3) is 0.923. The van der Waals surface area contributed by atoms with E-state index in [4.69, 9.17) is 10.00 Å². The highest BCUT2D eigenvalue weighted by atomic mass is 16.5. The van der Waals surface area contributed by atoms with E-state index in [2.05, 4.69) is 32.2 Å². The van der Waals surface area contributed by atoms with Gasteiger partial charge in [-0.2, -0.15) is 5.26 Å². The molecular formula is C13H24N2O. The summed E-state index contributed by atoms with van der Waals surface area (Å²) in [6, 6.07) is 2.80. The van der Waals surface area contributed by atoms with E-state index in [-0.39, 0.29) is 5.60 Å². The highest BCUT2D eigenvalue weighted by Gasteiger charge is 2.32. The van der Waals surface area contributed by atoms with Gasteiger partial charge in [-0.25, -0.2) is 0 Å². The zero-order valence-corrected chi connectivity index (χ0v) is 10.8. The van der Waals surface area contributed by atoms with Crippen molar-refractivity contribution in [3.63, 3.8) is 0 Å². The van der Waals surface area contributed by atoms with E-state index in [1.54, 1.807) is 0 Å². The Balaban J connectivity index is 1.94. The minimum absolute atomic E-state index is 0.0115. The topological polar surface area (TPSA) is 45.0 Å². The Morgan fingerprint density at radius 2 is 2.00 bits per heavy atom. The molecule has 1 saturated carbocycles. The third-order valence-electron chi connectivity index (χ3n) is 2.76. The summed E-state index contributed by atoms with van der Waals surface area (Å²) in [5, 5.41) is 11.9. The lowest BCUT2D eigenvalue weighted by Crippen LogP contribution is -2.48. The second kappa shape index (κ2) is 6.22. The second-order valence-corrected chi connectivity index (χ2v) is 5.59. The Morgan fingerprint density at radius 3 is 2.56 bits per heavy atom. The molecule has 0 aromatic rings. The van der Waals surface area contributed by atoms with E-state index in [0.717, 1.165) is 32.2 Å². The molecule has 1 aliphatic rings. The lowest BCUT2D eigenvalue weighted by Gasteiger charge is -2.39. The maximum Gasteiger partial charge on any atom is 0.0621 e. The number of hydrogen-bond acceptors (Lipinski definition) is 3. The van der Waals surface area contributed by atoms with E-state index < -0.39 is 0 Å². The largest absolute Gasteiger partial charge is 0.373 e. The van der Waals surface area contributed by atoms with E-state index >= 15 is 0 Å². The predicted octanol–water partition coefficient (Wildman–Crippen LogP) is 2.62. The number of nitrogens with one attached hydrogen (secondary N) is 1. The first-order chi connectivity index (χ1) is 7.51. The van der Waals surface area contributed by atoms with Crippen LogP contribution in [0.3, 0.4) is 0 Å². The summed E-state index contributed by atoms with van der Waals surface area (Å²) in [6.07, 6.45) is 5.51. The van der Waals surface area contributed by atoms with Gasteiger partial charge in [0, 0.05) is 12.5 Å². The third-order valence-corrected chi connectivity index (χ3v) is 2.76. The summed E-state index contributed by atoms with van der Waals surface area (Å²) in [5.74, 6) is 0. The van der Waals surface area contributed by atoms with Crippen LogP contribution in [-0.4, -0.2) is 24.3 Å². The molecule has 3 heteroatoms. The van der Waals surface area contributed by atoms with Crippen molar-refractivity contribution >= 4 is 0 Å². The molecule has 0 aliphatic heterocycles. The molecule has 0 aromatic heterocycles. The van der Waals surface area contributed by atoms with Crippen molar-refractivity contribution in [3.8, 4) is 6.07 Å². The number of nitriles is 1. The van der Waals surface area contributed by atoms with Crippen LogP contribution in [0.1, 0.15) is 52.9 Å². The Kier molecular flexibility index (Phi) is 5.24. The van der Waals surface area contributed by atoms with Crippen LogP contribution in [-0.2, 0) is 4.74 Å². The molecule has 0 unspecified atom stereocenters. The molecule has 1 fully saturated rings. The minimum Gasteiger partial charge on any atom is -0.373 e. The molecule has 3 nitrogen and oxygen atoms in total. The van der Waals surface area contributed by atoms with Crippen molar-refractivity contribution in [2.75, 3.05) is 6.54 Å². The van der Waals surface area contributed by atoms with Gasteiger partial charge in [0.15, 0.2) is 0 Å². The summed E-state index contributed by atoms with van der Waals surface area (Å²) in [7, 11) is 0. The first-order valence-corrected chi connectivity index (χ1v) is 6.29. The van der Waals surface area contributed by atoms with Gasteiger partial charge in [-0.15, -0.1) is 0 Å². The fourth-order valence-corrected chi connectivity index (χ4v) is 1.96. The molecule has 0 bridgehead atoms. The van der Waals surface area contributed by atoms with Crippen LogP contribution in [0.15, 0.2) is 0 Å². The molecular weight excluding hydrogens is 200 g/mol. The fourth-order valence-electron chi connectivity index (χ4n) is 1.96. The summed E-state index contributed by atoms with van der Waals surface area (Å²) >= 11 is 0. The van der Waals surface area contributed by atoms with Crippen molar-refractivity contribution in [3.05, 3.63) is 0 Å². The van der Waals surface area contributed by atoms with E-state index in [1.807, 2.05) is 0 Å². The van der Waals surface area contributed by atoms with Crippen LogP contribution in [0.5, 0.6) is 0 Å². The summed E-state index contributed by atoms with van der Waals surface area (Å²) in [6.45, 7) is 7.36. The van der Waals surface area contributed by atoms with E-state index in [1.165, 1.54) is 0 Å². The third kappa shape index (κ3) is 5.48. The summed E-state index contributed by atoms with van der Waals surface area (Å²) < 4.78 is 5.87. The van der Waals surface area contributed by atoms with Gasteiger partial charge in [0.05, 0.1) is 17.8 Å². The standard InChI is InChI=1S/C13H24N2O/c1-13(2,3)16-12-9-11(10-12)15-8-6-4-5-7-14/h11-12,15H,4-6,8-10H2,1-3H3. The molecule has 1 rings (SSSR count). The smallest absolute Gasteiger partial charge is 0.0621 e. The van der Waals surface area contributed by atoms with Crippen molar-refractivity contribution in [2.45, 2.75) is 70.6 Å². The lowest BCUT2D eigenvalue weighted by atomic mass is 9.88. The molecule has 0 spiro atoms. The molecule has 0 aromatic carbocycles. The van der Waals surface area contributed by atoms with Gasteiger partial charge < -0.3 is 10.1 Å². The molecule has 0 saturated heterocycles. The van der Waals surface area contributed by atoms with Gasteiger partial charge in [-0.1, -0.05) is 0 Å². The first-order valence-electron chi connectivity index (χ1n) is 6.29. The SMILES string of the molecule is CC(C)(C)OC1CC(NCCCCC#N)C1. The second-order valence-electron chi connectivity index (χ2n) is 5.59. The number of hydrogen-bond donors (Lipinski definition) is 1. The van der Waals surface area contributed by atoms with Crippen molar-refractivity contribution in [1.29, 1.82) is 5.26 Å². The van der Waals surface area contributed by atoms with Crippen LogP contribution in [0.25, 0.3) is 0 Å². The maximum absolute atomic E-state index is 8.39. The Bertz CT molecular complexity index is 233. The average molecular weight is 224 g/mol. The van der Waals surface area contributed by atoms with Crippen LogP contribution < -0.4 is 5.32 Å². The summed E-state index contributed by atoms with van der Waals surface area (Å²) in [4.78, 5) is 0. The molecule has 1 aliphatic carbocycles. The Morgan fingerprint density at radius 1 is 1.31 bits per heavy atom. The monoisotopic (exact) mass is 224 g/mol. The number of ether oxygens (including phenoxy) is 1. The van der Waals surface area contributed by atoms with Crippen LogP contribution in [0.2, 0.25) is 0 Å². The Hall–Kier alpha value is -0.590. The Labute approximate surface area is 99.2 Å². The minimum atomic E-state index is -0.0115. The van der Waals surface area contributed by atoms with Crippen LogP contribution in [0, 0.1) is 11.3 Å². The lowest BCUT2D eigenvalue weighted by molar-refractivity contribution is -0.102. The highest BCUT2D eigenvalue weighted by Crippen LogP contribution is 2.27. The number of rotatable bonds is 6. The van der Waals surface area contributed by atoms with E-state index in [9.17, 15) is 0 Å². The highest BCUT2D eigenvalue weighted by molar-refractivity contribution is 4.87. The zero-order valence-electron chi connectivity index (χ0n) is 10.8. The molecule has 1 N–H and O–H groups in total. The molecule has 0 atom stereocenters. The number of unbranched alkanes of at least 4 members (excludes halogenated alkanes) is 2. The van der Waals surface area contributed by atoms with Crippen molar-refractivity contribution < 1.29 is 4.74 Å². The van der Waals surface area contributed by atoms with Crippen LogP contribution in [0.4, 0.5) is 0 Å². The van der Waals surface area contributed by atoms with Gasteiger partial charge >= 0.3 is 0 Å². The zero-order chi connectivity index (χ0) is 12.0. The first kappa shape index (κ1) is 13.5. The number of nitrogens with zero attached hydrogens (tertiary/aromatic N) is 1. The quantitative estimate of drug-likeness (QED) is 0.705. The molecule has 16 heavy (non-hydrogen) atoms. The average Bonchev–Trinajstić information content (AvgIpc) is 2.11. The summed E-state index contributed by atoms with van der Waals surface area (Å²) in [5.41, 5.74) is -0.0115. The van der Waals surface area contributed by atoms with Gasteiger partial charge in [-0.05, 0) is 53.0 Å². The normalized spacial score (nSPS) is 24.9. The molecule has 0 heterocycles. The predicted molar refractivity (Wildman–Crippen MR) is 65.1 cm³/mol. The maximum atomic E-state index is 8.39. The van der Waals surface area contributed by atoms with E-state index in [0.29, 0.717) is 18.6 Å². The van der Waals surface area contributed by atoms with Crippen LogP contribution >= 0.6 is 0 Å². The molecule has 0 amide bonds.